The number of aliphatic hydroxyl groups is 1. The lowest BCUT2D eigenvalue weighted by Crippen LogP contribution is -2.23. The summed E-state index contributed by atoms with van der Waals surface area (Å²) in [7, 11) is 0. The summed E-state index contributed by atoms with van der Waals surface area (Å²) >= 11 is 1.89. The van der Waals surface area contributed by atoms with Crippen molar-refractivity contribution in [2.75, 3.05) is 0 Å². The Labute approximate surface area is 90.1 Å². The topological polar surface area (TPSA) is 46.2 Å². The van der Waals surface area contributed by atoms with E-state index < -0.39 is 12.1 Å². The number of hydrogen-bond acceptors (Lipinski definition) is 2. The van der Waals surface area contributed by atoms with E-state index in [0.29, 0.717) is 3.57 Å². The molecule has 0 spiro atoms. The SMILES string of the molecule is C[C@H](O)[C@H](N)c1ccc(F)c(I)c1. The molecule has 1 rings (SSSR count). The fourth-order valence-corrected chi connectivity index (χ4v) is 1.54. The van der Waals surface area contributed by atoms with Crippen LogP contribution in [0.25, 0.3) is 0 Å². The third kappa shape index (κ3) is 2.62. The zero-order chi connectivity index (χ0) is 10.0. The number of hydrogen-bond donors (Lipinski definition) is 2. The first kappa shape index (κ1) is 10.9. The van der Waals surface area contributed by atoms with Crippen LogP contribution in [0.2, 0.25) is 0 Å². The Morgan fingerprint density at radius 2 is 2.15 bits per heavy atom. The van der Waals surface area contributed by atoms with Crippen molar-refractivity contribution in [3.8, 4) is 0 Å². The first-order valence-electron chi connectivity index (χ1n) is 3.91. The molecule has 0 fully saturated rings. The van der Waals surface area contributed by atoms with Gasteiger partial charge in [-0.25, -0.2) is 4.39 Å². The minimum Gasteiger partial charge on any atom is -0.391 e. The number of halogens is 2. The van der Waals surface area contributed by atoms with Crippen LogP contribution in [0.4, 0.5) is 4.39 Å². The Morgan fingerprint density at radius 3 is 2.62 bits per heavy atom. The molecule has 0 aromatic heterocycles. The molecular formula is C9H11FINO. The zero-order valence-corrected chi connectivity index (χ0v) is 9.32. The first-order valence-corrected chi connectivity index (χ1v) is 4.99. The van der Waals surface area contributed by atoms with Gasteiger partial charge in [0.25, 0.3) is 0 Å². The number of benzene rings is 1. The van der Waals surface area contributed by atoms with Crippen LogP contribution in [-0.2, 0) is 0 Å². The van der Waals surface area contributed by atoms with E-state index in [4.69, 9.17) is 5.73 Å². The predicted molar refractivity (Wildman–Crippen MR) is 57.7 cm³/mol. The average molecular weight is 295 g/mol. The fourth-order valence-electron chi connectivity index (χ4n) is 0.998. The third-order valence-corrected chi connectivity index (χ3v) is 2.67. The van der Waals surface area contributed by atoms with Gasteiger partial charge in [0.15, 0.2) is 0 Å². The highest BCUT2D eigenvalue weighted by atomic mass is 127. The van der Waals surface area contributed by atoms with Crippen LogP contribution in [0.3, 0.4) is 0 Å². The summed E-state index contributed by atoms with van der Waals surface area (Å²) in [4.78, 5) is 0. The maximum absolute atomic E-state index is 12.9. The van der Waals surface area contributed by atoms with E-state index in [0.717, 1.165) is 5.56 Å². The van der Waals surface area contributed by atoms with Crippen LogP contribution >= 0.6 is 22.6 Å². The Kier molecular flexibility index (Phi) is 3.63. The molecule has 13 heavy (non-hydrogen) atoms. The molecule has 2 nitrogen and oxygen atoms in total. The smallest absolute Gasteiger partial charge is 0.136 e. The van der Waals surface area contributed by atoms with Crippen molar-refractivity contribution < 1.29 is 9.50 Å². The van der Waals surface area contributed by atoms with Crippen LogP contribution in [0.5, 0.6) is 0 Å². The van der Waals surface area contributed by atoms with Crippen molar-refractivity contribution in [1.82, 2.24) is 0 Å². The summed E-state index contributed by atoms with van der Waals surface area (Å²) in [6.07, 6.45) is -0.624. The van der Waals surface area contributed by atoms with Crippen LogP contribution < -0.4 is 5.73 Å². The third-order valence-electron chi connectivity index (χ3n) is 1.85. The van der Waals surface area contributed by atoms with Gasteiger partial charge in [-0.2, -0.15) is 0 Å². The van der Waals surface area contributed by atoms with E-state index in [-0.39, 0.29) is 5.82 Å². The molecule has 4 heteroatoms. The molecule has 0 bridgehead atoms. The lowest BCUT2D eigenvalue weighted by molar-refractivity contribution is 0.164. The van der Waals surface area contributed by atoms with Crippen LogP contribution in [-0.4, -0.2) is 11.2 Å². The number of nitrogens with two attached hydrogens (primary N) is 1. The van der Waals surface area contributed by atoms with Crippen LogP contribution in [0.1, 0.15) is 18.5 Å². The summed E-state index contributed by atoms with van der Waals surface area (Å²) in [5, 5.41) is 9.21. The van der Waals surface area contributed by atoms with Gasteiger partial charge in [-0.05, 0) is 47.2 Å². The Morgan fingerprint density at radius 1 is 1.54 bits per heavy atom. The molecule has 0 aliphatic carbocycles. The highest BCUT2D eigenvalue weighted by Gasteiger charge is 2.12. The molecule has 0 saturated carbocycles. The van der Waals surface area contributed by atoms with Gasteiger partial charge < -0.3 is 10.8 Å². The van der Waals surface area contributed by atoms with E-state index in [1.54, 1.807) is 19.1 Å². The van der Waals surface area contributed by atoms with Crippen molar-refractivity contribution in [3.05, 3.63) is 33.1 Å². The Hall–Kier alpha value is -0.200. The molecule has 0 aliphatic rings. The average Bonchev–Trinajstić information content (AvgIpc) is 2.08. The van der Waals surface area contributed by atoms with Gasteiger partial charge in [-0.1, -0.05) is 6.07 Å². The van der Waals surface area contributed by atoms with E-state index in [1.165, 1.54) is 6.07 Å². The van der Waals surface area contributed by atoms with Gasteiger partial charge in [-0.3, -0.25) is 0 Å². The molecule has 0 unspecified atom stereocenters. The minimum atomic E-state index is -0.624. The summed E-state index contributed by atoms with van der Waals surface area (Å²) < 4.78 is 13.4. The molecular weight excluding hydrogens is 284 g/mol. The molecule has 0 radical (unpaired) electrons. The highest BCUT2D eigenvalue weighted by molar-refractivity contribution is 14.1. The summed E-state index contributed by atoms with van der Waals surface area (Å²) in [6.45, 7) is 1.61. The quantitative estimate of drug-likeness (QED) is 0.817. The Bertz CT molecular complexity index is 304. The van der Waals surface area contributed by atoms with Gasteiger partial charge in [0, 0.05) is 3.57 Å². The second-order valence-corrected chi connectivity index (χ2v) is 4.10. The molecule has 0 aliphatic heterocycles. The molecule has 0 heterocycles. The molecule has 1 aromatic carbocycles. The summed E-state index contributed by atoms with van der Waals surface area (Å²) in [6, 6.07) is 4.15. The lowest BCUT2D eigenvalue weighted by Gasteiger charge is -2.15. The lowest BCUT2D eigenvalue weighted by atomic mass is 10.0. The van der Waals surface area contributed by atoms with Crippen molar-refractivity contribution in [1.29, 1.82) is 0 Å². The van der Waals surface area contributed by atoms with Crippen LogP contribution in [0.15, 0.2) is 18.2 Å². The monoisotopic (exact) mass is 295 g/mol. The normalized spacial score (nSPS) is 15.5. The van der Waals surface area contributed by atoms with Crippen molar-refractivity contribution in [2.24, 2.45) is 5.73 Å². The van der Waals surface area contributed by atoms with Gasteiger partial charge in [0.05, 0.1) is 12.1 Å². The second kappa shape index (κ2) is 4.34. The predicted octanol–water partition coefficient (Wildman–Crippen LogP) is 1.81. The fraction of sp³-hybridized carbons (Fsp3) is 0.333. The molecule has 2 atom stereocenters. The van der Waals surface area contributed by atoms with Crippen molar-refractivity contribution in [2.45, 2.75) is 19.1 Å². The second-order valence-electron chi connectivity index (χ2n) is 2.94. The maximum Gasteiger partial charge on any atom is 0.136 e. The minimum absolute atomic E-state index is 0.262. The largest absolute Gasteiger partial charge is 0.391 e. The van der Waals surface area contributed by atoms with Gasteiger partial charge in [-0.15, -0.1) is 0 Å². The standard InChI is InChI=1S/C9H11FINO/c1-5(13)9(12)6-2-3-7(10)8(11)4-6/h2-5,9,13H,12H2,1H3/t5-,9-/m0/s1. The molecule has 0 amide bonds. The summed E-state index contributed by atoms with van der Waals surface area (Å²) in [5.74, 6) is -0.262. The first-order chi connectivity index (χ1) is 6.02. The van der Waals surface area contributed by atoms with E-state index in [1.807, 2.05) is 22.6 Å². The molecule has 72 valence electrons. The molecule has 0 saturated heterocycles. The zero-order valence-electron chi connectivity index (χ0n) is 7.17. The van der Waals surface area contributed by atoms with E-state index >= 15 is 0 Å². The van der Waals surface area contributed by atoms with E-state index in [9.17, 15) is 9.50 Å². The highest BCUT2D eigenvalue weighted by Crippen LogP contribution is 2.19. The number of aliphatic hydroxyl groups excluding tert-OH is 1. The molecule has 3 N–H and O–H groups in total. The van der Waals surface area contributed by atoms with Crippen molar-refractivity contribution >= 4 is 22.6 Å². The van der Waals surface area contributed by atoms with Gasteiger partial charge in [0.2, 0.25) is 0 Å². The Balaban J connectivity index is 2.97. The summed E-state index contributed by atoms with van der Waals surface area (Å²) in [5.41, 5.74) is 6.43. The van der Waals surface area contributed by atoms with E-state index in [2.05, 4.69) is 0 Å². The van der Waals surface area contributed by atoms with Gasteiger partial charge in [0.1, 0.15) is 5.82 Å². The van der Waals surface area contributed by atoms with Gasteiger partial charge >= 0.3 is 0 Å². The van der Waals surface area contributed by atoms with Crippen LogP contribution in [0, 0.1) is 9.39 Å². The van der Waals surface area contributed by atoms with Crippen molar-refractivity contribution in [3.63, 3.8) is 0 Å². The number of rotatable bonds is 2. The molecule has 1 aromatic rings. The maximum atomic E-state index is 12.9.